The van der Waals surface area contributed by atoms with Crippen molar-refractivity contribution in [2.75, 3.05) is 11.9 Å². The molecule has 4 heteroatoms. The standard InChI is InChI=1S/C17H20N2O2/c1-2-10-21-15-8-5-7-13(11-15)17(20)19-16-9-4-3-6-14(16)12-18/h3-9,11H,2,10,12,18H2,1H3,(H,19,20). The number of carbonyl (C=O) groups is 1. The molecule has 2 rings (SSSR count). The van der Waals surface area contributed by atoms with Crippen LogP contribution in [0.15, 0.2) is 48.5 Å². The lowest BCUT2D eigenvalue weighted by atomic mass is 10.1. The van der Waals surface area contributed by atoms with E-state index in [0.717, 1.165) is 17.7 Å². The van der Waals surface area contributed by atoms with Crippen molar-refractivity contribution >= 4 is 11.6 Å². The first-order valence-corrected chi connectivity index (χ1v) is 7.06. The summed E-state index contributed by atoms with van der Waals surface area (Å²) >= 11 is 0. The summed E-state index contributed by atoms with van der Waals surface area (Å²) in [5.74, 6) is 0.537. The van der Waals surface area contributed by atoms with E-state index in [9.17, 15) is 4.79 Å². The number of anilines is 1. The topological polar surface area (TPSA) is 64.3 Å². The molecule has 0 spiro atoms. The van der Waals surface area contributed by atoms with E-state index in [-0.39, 0.29) is 5.91 Å². The zero-order chi connectivity index (χ0) is 15.1. The molecule has 0 bridgehead atoms. The molecule has 0 aliphatic rings. The monoisotopic (exact) mass is 284 g/mol. The molecule has 0 unspecified atom stereocenters. The largest absolute Gasteiger partial charge is 0.494 e. The van der Waals surface area contributed by atoms with Gasteiger partial charge in [0.25, 0.3) is 5.91 Å². The molecule has 0 heterocycles. The van der Waals surface area contributed by atoms with E-state index in [4.69, 9.17) is 10.5 Å². The lowest BCUT2D eigenvalue weighted by molar-refractivity contribution is 0.102. The van der Waals surface area contributed by atoms with Gasteiger partial charge in [-0.1, -0.05) is 31.2 Å². The third-order valence-corrected chi connectivity index (χ3v) is 3.05. The number of rotatable bonds is 6. The van der Waals surface area contributed by atoms with Crippen LogP contribution in [0, 0.1) is 0 Å². The van der Waals surface area contributed by atoms with Crippen molar-refractivity contribution in [3.8, 4) is 5.75 Å². The Hall–Kier alpha value is -2.33. The molecule has 1 amide bonds. The van der Waals surface area contributed by atoms with Crippen molar-refractivity contribution in [2.24, 2.45) is 5.73 Å². The first-order chi connectivity index (χ1) is 10.2. The Balaban J connectivity index is 2.13. The minimum Gasteiger partial charge on any atom is -0.494 e. The average Bonchev–Trinajstić information content (AvgIpc) is 2.53. The Labute approximate surface area is 124 Å². The fraction of sp³-hybridized carbons (Fsp3) is 0.235. The first kappa shape index (κ1) is 15.1. The number of hydrogen-bond donors (Lipinski definition) is 2. The minimum absolute atomic E-state index is 0.169. The molecular formula is C17H20N2O2. The second-order valence-electron chi connectivity index (χ2n) is 4.69. The van der Waals surface area contributed by atoms with Crippen molar-refractivity contribution < 1.29 is 9.53 Å². The van der Waals surface area contributed by atoms with Crippen LogP contribution >= 0.6 is 0 Å². The van der Waals surface area contributed by atoms with E-state index in [0.29, 0.717) is 24.5 Å². The number of carbonyl (C=O) groups excluding carboxylic acids is 1. The van der Waals surface area contributed by atoms with Crippen LogP contribution in [0.1, 0.15) is 29.3 Å². The van der Waals surface area contributed by atoms with E-state index in [1.807, 2.05) is 43.3 Å². The highest BCUT2D eigenvalue weighted by Gasteiger charge is 2.09. The van der Waals surface area contributed by atoms with Crippen LogP contribution in [0.25, 0.3) is 0 Å². The lowest BCUT2D eigenvalue weighted by Gasteiger charge is -2.10. The fourth-order valence-electron chi connectivity index (χ4n) is 1.96. The summed E-state index contributed by atoms with van der Waals surface area (Å²) < 4.78 is 5.54. The van der Waals surface area contributed by atoms with Crippen molar-refractivity contribution in [2.45, 2.75) is 19.9 Å². The molecule has 4 nitrogen and oxygen atoms in total. The molecule has 2 aromatic carbocycles. The number of hydrogen-bond acceptors (Lipinski definition) is 3. The summed E-state index contributed by atoms with van der Waals surface area (Å²) in [6.07, 6.45) is 0.931. The van der Waals surface area contributed by atoms with E-state index in [1.165, 1.54) is 0 Å². The number of amides is 1. The second kappa shape index (κ2) is 7.45. The molecule has 21 heavy (non-hydrogen) atoms. The molecule has 0 saturated carbocycles. The highest BCUT2D eigenvalue weighted by atomic mass is 16.5. The Morgan fingerprint density at radius 1 is 1.19 bits per heavy atom. The van der Waals surface area contributed by atoms with Gasteiger partial charge in [-0.05, 0) is 36.2 Å². The quantitative estimate of drug-likeness (QED) is 0.856. The summed E-state index contributed by atoms with van der Waals surface area (Å²) in [7, 11) is 0. The number of ether oxygens (including phenoxy) is 1. The van der Waals surface area contributed by atoms with Crippen LogP contribution in [0.4, 0.5) is 5.69 Å². The Bertz CT molecular complexity index is 611. The fourth-order valence-corrected chi connectivity index (χ4v) is 1.96. The molecular weight excluding hydrogens is 264 g/mol. The van der Waals surface area contributed by atoms with Gasteiger partial charge in [0.2, 0.25) is 0 Å². The summed E-state index contributed by atoms with van der Waals surface area (Å²) in [4.78, 5) is 12.3. The normalized spacial score (nSPS) is 10.2. The van der Waals surface area contributed by atoms with Gasteiger partial charge in [0, 0.05) is 17.8 Å². The molecule has 3 N–H and O–H groups in total. The maximum atomic E-state index is 12.3. The summed E-state index contributed by atoms with van der Waals surface area (Å²) in [6, 6.07) is 14.7. The van der Waals surface area contributed by atoms with E-state index >= 15 is 0 Å². The highest BCUT2D eigenvalue weighted by Crippen LogP contribution is 2.18. The molecule has 0 fully saturated rings. The van der Waals surface area contributed by atoms with Gasteiger partial charge in [-0.25, -0.2) is 0 Å². The van der Waals surface area contributed by atoms with Gasteiger partial charge in [0.15, 0.2) is 0 Å². The summed E-state index contributed by atoms with van der Waals surface area (Å²) in [5.41, 5.74) is 7.89. The molecule has 0 aliphatic carbocycles. The Kier molecular flexibility index (Phi) is 5.35. The maximum Gasteiger partial charge on any atom is 0.255 e. The average molecular weight is 284 g/mol. The first-order valence-electron chi connectivity index (χ1n) is 7.06. The highest BCUT2D eigenvalue weighted by molar-refractivity contribution is 6.04. The smallest absolute Gasteiger partial charge is 0.255 e. The zero-order valence-corrected chi connectivity index (χ0v) is 12.1. The predicted octanol–water partition coefficient (Wildman–Crippen LogP) is 3.19. The van der Waals surface area contributed by atoms with Gasteiger partial charge in [-0.15, -0.1) is 0 Å². The van der Waals surface area contributed by atoms with Crippen LogP contribution < -0.4 is 15.8 Å². The Morgan fingerprint density at radius 3 is 2.76 bits per heavy atom. The number of nitrogens with one attached hydrogen (secondary N) is 1. The van der Waals surface area contributed by atoms with Crippen molar-refractivity contribution in [3.63, 3.8) is 0 Å². The van der Waals surface area contributed by atoms with Gasteiger partial charge in [0.1, 0.15) is 5.75 Å². The van der Waals surface area contributed by atoms with E-state index in [2.05, 4.69) is 5.32 Å². The van der Waals surface area contributed by atoms with Gasteiger partial charge in [-0.3, -0.25) is 4.79 Å². The van der Waals surface area contributed by atoms with Crippen LogP contribution in [-0.4, -0.2) is 12.5 Å². The molecule has 0 saturated heterocycles. The number of para-hydroxylation sites is 1. The molecule has 0 atom stereocenters. The third kappa shape index (κ3) is 4.07. The van der Waals surface area contributed by atoms with Gasteiger partial charge < -0.3 is 15.8 Å². The van der Waals surface area contributed by atoms with Gasteiger partial charge >= 0.3 is 0 Å². The maximum absolute atomic E-state index is 12.3. The Morgan fingerprint density at radius 2 is 2.00 bits per heavy atom. The number of nitrogens with two attached hydrogens (primary N) is 1. The van der Waals surface area contributed by atoms with Crippen LogP contribution in [-0.2, 0) is 6.54 Å². The molecule has 2 aromatic rings. The third-order valence-electron chi connectivity index (χ3n) is 3.05. The molecule has 0 aromatic heterocycles. The molecule has 0 aliphatic heterocycles. The van der Waals surface area contributed by atoms with E-state index in [1.54, 1.807) is 12.1 Å². The second-order valence-corrected chi connectivity index (χ2v) is 4.69. The lowest BCUT2D eigenvalue weighted by Crippen LogP contribution is -2.14. The minimum atomic E-state index is -0.169. The molecule has 0 radical (unpaired) electrons. The summed E-state index contributed by atoms with van der Waals surface area (Å²) in [5, 5.41) is 2.89. The summed E-state index contributed by atoms with van der Waals surface area (Å²) in [6.45, 7) is 3.07. The van der Waals surface area contributed by atoms with Crippen molar-refractivity contribution in [1.82, 2.24) is 0 Å². The van der Waals surface area contributed by atoms with Gasteiger partial charge in [0.05, 0.1) is 6.61 Å². The van der Waals surface area contributed by atoms with Crippen LogP contribution in [0.2, 0.25) is 0 Å². The van der Waals surface area contributed by atoms with Crippen LogP contribution in [0.3, 0.4) is 0 Å². The van der Waals surface area contributed by atoms with Gasteiger partial charge in [-0.2, -0.15) is 0 Å². The SMILES string of the molecule is CCCOc1cccc(C(=O)Nc2ccccc2CN)c1. The van der Waals surface area contributed by atoms with Crippen molar-refractivity contribution in [3.05, 3.63) is 59.7 Å². The van der Waals surface area contributed by atoms with Crippen LogP contribution in [0.5, 0.6) is 5.75 Å². The predicted molar refractivity (Wildman–Crippen MR) is 84.5 cm³/mol. The van der Waals surface area contributed by atoms with Crippen molar-refractivity contribution in [1.29, 1.82) is 0 Å². The number of benzene rings is 2. The van der Waals surface area contributed by atoms with E-state index < -0.39 is 0 Å². The molecule has 110 valence electrons. The zero-order valence-electron chi connectivity index (χ0n) is 12.1.